The van der Waals surface area contributed by atoms with Gasteiger partial charge < -0.3 is 15.2 Å². The van der Waals surface area contributed by atoms with Crippen molar-refractivity contribution in [2.45, 2.75) is 26.1 Å². The maximum absolute atomic E-state index is 12.5. The summed E-state index contributed by atoms with van der Waals surface area (Å²) in [6.07, 6.45) is 2.56. The van der Waals surface area contributed by atoms with Gasteiger partial charge in [0.25, 0.3) is 0 Å². The predicted octanol–water partition coefficient (Wildman–Crippen LogP) is 1.90. The van der Waals surface area contributed by atoms with Crippen LogP contribution in [0.5, 0.6) is 0 Å². The summed E-state index contributed by atoms with van der Waals surface area (Å²) in [4.78, 5) is 23.8. The van der Waals surface area contributed by atoms with E-state index in [0.29, 0.717) is 5.69 Å². The number of hydrogen-bond acceptors (Lipinski definition) is 3. The smallest absolute Gasteiger partial charge is 0.310 e. The van der Waals surface area contributed by atoms with E-state index in [-0.39, 0.29) is 5.91 Å². The molecule has 5 heteroatoms. The number of carboxylic acids is 1. The number of carbonyl (C=O) groups excluding carboxylic acids is 1. The van der Waals surface area contributed by atoms with Gasteiger partial charge in [0, 0.05) is 5.69 Å². The van der Waals surface area contributed by atoms with Gasteiger partial charge in [-0.2, -0.15) is 0 Å². The number of aliphatic carboxylic acids is 1. The van der Waals surface area contributed by atoms with Crippen LogP contribution in [-0.4, -0.2) is 29.2 Å². The van der Waals surface area contributed by atoms with Gasteiger partial charge in [0.05, 0.1) is 18.1 Å². The number of fused-ring (bicyclic) bond motifs is 2. The first kappa shape index (κ1) is 13.8. The van der Waals surface area contributed by atoms with Crippen molar-refractivity contribution >= 4 is 17.6 Å². The number of hydrogen-bond donors (Lipinski definition) is 2. The van der Waals surface area contributed by atoms with E-state index in [1.54, 1.807) is 12.2 Å². The van der Waals surface area contributed by atoms with Gasteiger partial charge in [-0.3, -0.25) is 9.59 Å². The summed E-state index contributed by atoms with van der Waals surface area (Å²) in [6, 6.07) is 5.72. The Morgan fingerprint density at radius 2 is 1.81 bits per heavy atom. The molecule has 0 unspecified atom stereocenters. The van der Waals surface area contributed by atoms with Gasteiger partial charge >= 0.3 is 5.97 Å². The molecule has 2 aliphatic rings. The summed E-state index contributed by atoms with van der Waals surface area (Å²) in [7, 11) is 0. The molecule has 1 aromatic rings. The fourth-order valence-electron chi connectivity index (χ4n) is 3.08. The Balaban J connectivity index is 1.82. The topological polar surface area (TPSA) is 75.6 Å². The first-order valence-electron chi connectivity index (χ1n) is 6.92. The van der Waals surface area contributed by atoms with Crippen LogP contribution in [0.25, 0.3) is 0 Å². The lowest BCUT2D eigenvalue weighted by molar-refractivity contribution is -0.145. The van der Waals surface area contributed by atoms with E-state index in [4.69, 9.17) is 4.74 Å². The third kappa shape index (κ3) is 2.34. The molecule has 110 valence electrons. The molecule has 1 aromatic carbocycles. The maximum Gasteiger partial charge on any atom is 0.310 e. The van der Waals surface area contributed by atoms with Crippen LogP contribution >= 0.6 is 0 Å². The molecule has 5 nitrogen and oxygen atoms in total. The average Bonchev–Trinajstić information content (AvgIpc) is 3.02. The fourth-order valence-corrected chi connectivity index (χ4v) is 3.08. The number of nitrogens with one attached hydrogen (secondary N) is 1. The van der Waals surface area contributed by atoms with E-state index in [1.807, 2.05) is 32.0 Å². The number of anilines is 1. The molecule has 1 amide bonds. The lowest BCUT2D eigenvalue weighted by Gasteiger charge is -2.21. The lowest BCUT2D eigenvalue weighted by Crippen LogP contribution is -2.39. The first-order valence-corrected chi connectivity index (χ1v) is 6.92. The van der Waals surface area contributed by atoms with Crippen LogP contribution in [0, 0.1) is 25.7 Å². The zero-order valence-corrected chi connectivity index (χ0v) is 11.9. The van der Waals surface area contributed by atoms with E-state index in [1.165, 1.54) is 0 Å². The molecular formula is C16H17NO4. The number of benzene rings is 1. The normalized spacial score (nSPS) is 29.6. The Hall–Kier alpha value is -2.14. The van der Waals surface area contributed by atoms with Gasteiger partial charge in [0.2, 0.25) is 5.91 Å². The van der Waals surface area contributed by atoms with Crippen molar-refractivity contribution in [1.82, 2.24) is 0 Å². The summed E-state index contributed by atoms with van der Waals surface area (Å²) in [6.45, 7) is 3.89. The third-order valence-corrected chi connectivity index (χ3v) is 4.13. The Bertz CT molecular complexity index is 637. The predicted molar refractivity (Wildman–Crippen MR) is 77.0 cm³/mol. The SMILES string of the molecule is Cc1ccc(NC(=O)[C@H]2[C@@H](C(=O)O)[C@H]3C=C[C@@H]2O3)c(C)c1. The van der Waals surface area contributed by atoms with E-state index in [2.05, 4.69) is 5.32 Å². The second-order valence-corrected chi connectivity index (χ2v) is 5.65. The van der Waals surface area contributed by atoms with Crippen molar-refractivity contribution in [3.05, 3.63) is 41.5 Å². The monoisotopic (exact) mass is 287 g/mol. The molecule has 3 rings (SSSR count). The van der Waals surface area contributed by atoms with Crippen LogP contribution in [0.1, 0.15) is 11.1 Å². The van der Waals surface area contributed by atoms with Crippen molar-refractivity contribution in [2.75, 3.05) is 5.32 Å². The number of carbonyl (C=O) groups is 2. The van der Waals surface area contributed by atoms with E-state index in [9.17, 15) is 14.7 Å². The second-order valence-electron chi connectivity index (χ2n) is 5.65. The Morgan fingerprint density at radius 1 is 1.14 bits per heavy atom. The summed E-state index contributed by atoms with van der Waals surface area (Å²) in [5.74, 6) is -2.79. The summed E-state index contributed by atoms with van der Waals surface area (Å²) in [5.41, 5.74) is 2.77. The average molecular weight is 287 g/mol. The zero-order valence-electron chi connectivity index (χ0n) is 11.9. The van der Waals surface area contributed by atoms with Gasteiger partial charge in [-0.05, 0) is 25.5 Å². The molecule has 1 saturated heterocycles. The highest BCUT2D eigenvalue weighted by Gasteiger charge is 2.53. The largest absolute Gasteiger partial charge is 0.481 e. The van der Waals surface area contributed by atoms with Crippen molar-refractivity contribution in [2.24, 2.45) is 11.8 Å². The van der Waals surface area contributed by atoms with E-state index < -0.39 is 30.0 Å². The highest BCUT2D eigenvalue weighted by atomic mass is 16.5. The van der Waals surface area contributed by atoms with Crippen LogP contribution in [0.4, 0.5) is 5.69 Å². The molecular weight excluding hydrogens is 270 g/mol. The molecule has 2 bridgehead atoms. The molecule has 21 heavy (non-hydrogen) atoms. The number of aryl methyl sites for hydroxylation is 2. The summed E-state index contributed by atoms with van der Waals surface area (Å²) >= 11 is 0. The van der Waals surface area contributed by atoms with Crippen molar-refractivity contribution in [3.8, 4) is 0 Å². The van der Waals surface area contributed by atoms with E-state index >= 15 is 0 Å². The van der Waals surface area contributed by atoms with Gasteiger partial charge in [0.1, 0.15) is 5.92 Å². The molecule has 2 N–H and O–H groups in total. The number of carboxylic acid groups (broad SMARTS) is 1. The molecule has 2 aliphatic heterocycles. The highest BCUT2D eigenvalue weighted by Crippen LogP contribution is 2.40. The Labute approximate surface area is 122 Å². The number of ether oxygens (including phenoxy) is 1. The lowest BCUT2D eigenvalue weighted by atomic mass is 9.82. The molecule has 0 radical (unpaired) electrons. The standard InChI is InChI=1S/C16H17NO4/c1-8-3-4-10(9(2)7-8)17-15(18)13-11-5-6-12(21-11)14(13)16(19)20/h3-7,11-14H,1-2H3,(H,17,18)(H,19,20)/t11-,12+,13+,14-/m0/s1. The molecule has 0 aliphatic carbocycles. The van der Waals surface area contributed by atoms with Crippen LogP contribution in [-0.2, 0) is 14.3 Å². The van der Waals surface area contributed by atoms with Gasteiger partial charge in [-0.15, -0.1) is 0 Å². The molecule has 1 fully saturated rings. The molecule has 0 saturated carbocycles. The van der Waals surface area contributed by atoms with Crippen molar-refractivity contribution in [3.63, 3.8) is 0 Å². The molecule has 0 aromatic heterocycles. The Morgan fingerprint density at radius 3 is 2.43 bits per heavy atom. The van der Waals surface area contributed by atoms with Crippen LogP contribution in [0.2, 0.25) is 0 Å². The minimum Gasteiger partial charge on any atom is -0.481 e. The molecule has 0 spiro atoms. The second kappa shape index (κ2) is 5.00. The first-order chi connectivity index (χ1) is 9.97. The maximum atomic E-state index is 12.5. The van der Waals surface area contributed by atoms with Crippen LogP contribution in [0.3, 0.4) is 0 Å². The van der Waals surface area contributed by atoms with Gasteiger partial charge in [-0.1, -0.05) is 29.8 Å². The van der Waals surface area contributed by atoms with Crippen LogP contribution < -0.4 is 5.32 Å². The number of amides is 1. The quantitative estimate of drug-likeness (QED) is 0.833. The molecule has 2 heterocycles. The third-order valence-electron chi connectivity index (χ3n) is 4.13. The minimum absolute atomic E-state index is 0.300. The number of rotatable bonds is 3. The van der Waals surface area contributed by atoms with Gasteiger partial charge in [0.15, 0.2) is 0 Å². The fraction of sp³-hybridized carbons (Fsp3) is 0.375. The highest BCUT2D eigenvalue weighted by molar-refractivity contribution is 5.97. The summed E-state index contributed by atoms with van der Waals surface area (Å²) < 4.78 is 5.51. The Kier molecular flexibility index (Phi) is 3.29. The summed E-state index contributed by atoms with van der Waals surface area (Å²) in [5, 5.41) is 12.2. The van der Waals surface area contributed by atoms with Crippen molar-refractivity contribution < 1.29 is 19.4 Å². The van der Waals surface area contributed by atoms with Crippen molar-refractivity contribution in [1.29, 1.82) is 0 Å². The van der Waals surface area contributed by atoms with E-state index in [0.717, 1.165) is 11.1 Å². The van der Waals surface area contributed by atoms with Crippen LogP contribution in [0.15, 0.2) is 30.4 Å². The minimum atomic E-state index is -0.993. The zero-order chi connectivity index (χ0) is 15.1. The van der Waals surface area contributed by atoms with Gasteiger partial charge in [-0.25, -0.2) is 0 Å². The molecule has 4 atom stereocenters.